The van der Waals surface area contributed by atoms with Gasteiger partial charge in [-0.3, -0.25) is 24.0 Å². The number of nitrogens with zero attached hydrogens (tertiary/aromatic N) is 2. The molecule has 3 saturated heterocycles. The third-order valence-electron chi connectivity index (χ3n) is 14.0. The SMILES string of the molecule is CN1CC[C@@H](C2(CC(=O)C[C@H]3CCCCCCCCCC[C@@H](C(=O)C(=O)NC4CC4)CC(=O)[C@@H]4[C@@H]5[C@H](CN4C3=O)C5(C)C)CCCCC2)S1(=O)=O. The summed E-state index contributed by atoms with van der Waals surface area (Å²) >= 11 is 0. The minimum Gasteiger partial charge on any atom is -0.347 e. The van der Waals surface area contributed by atoms with Crippen LogP contribution in [-0.4, -0.2) is 84.3 Å². The van der Waals surface area contributed by atoms with Gasteiger partial charge in [-0.15, -0.1) is 0 Å². The van der Waals surface area contributed by atoms with E-state index in [1.54, 1.807) is 11.9 Å². The Labute approximate surface area is 306 Å². The van der Waals surface area contributed by atoms with E-state index in [9.17, 15) is 32.4 Å². The van der Waals surface area contributed by atoms with Crippen molar-refractivity contribution in [3.8, 4) is 0 Å². The molecule has 0 unspecified atom stereocenters. The van der Waals surface area contributed by atoms with Crippen molar-refractivity contribution in [3.05, 3.63) is 0 Å². The third kappa shape index (κ3) is 8.34. The molecule has 6 aliphatic rings. The molecule has 0 aromatic heterocycles. The zero-order valence-corrected chi connectivity index (χ0v) is 32.3. The van der Waals surface area contributed by atoms with Crippen LogP contribution in [0.1, 0.15) is 149 Å². The van der Waals surface area contributed by atoms with Gasteiger partial charge < -0.3 is 10.2 Å². The maximum Gasteiger partial charge on any atom is 0.287 e. The maximum absolute atomic E-state index is 14.6. The topological polar surface area (TPSA) is 138 Å². The second kappa shape index (κ2) is 15.7. The van der Waals surface area contributed by atoms with E-state index in [0.717, 1.165) is 96.3 Å². The fraction of sp³-hybridized carbons (Fsp3) is 0.875. The Morgan fingerprint density at radius 3 is 2.04 bits per heavy atom. The molecule has 10 nitrogen and oxygen atoms in total. The van der Waals surface area contributed by atoms with Crippen LogP contribution in [0.3, 0.4) is 0 Å². The van der Waals surface area contributed by atoms with Gasteiger partial charge >= 0.3 is 0 Å². The van der Waals surface area contributed by atoms with E-state index in [0.29, 0.717) is 32.4 Å². The molecule has 51 heavy (non-hydrogen) atoms. The number of Topliss-reactive ketones (excluding diaryl/α,β-unsaturated/α-hetero) is 3. The molecule has 6 rings (SSSR count). The number of hydrogen-bond donors (Lipinski definition) is 1. The average molecular weight is 730 g/mol. The first kappa shape index (κ1) is 38.6. The van der Waals surface area contributed by atoms with Gasteiger partial charge in [-0.05, 0) is 67.6 Å². The van der Waals surface area contributed by atoms with Crippen molar-refractivity contribution >= 4 is 39.2 Å². The summed E-state index contributed by atoms with van der Waals surface area (Å²) in [7, 11) is -1.85. The zero-order valence-electron chi connectivity index (χ0n) is 31.5. The molecule has 0 aromatic carbocycles. The van der Waals surface area contributed by atoms with Crippen LogP contribution in [-0.2, 0) is 34.0 Å². The standard InChI is InChI=1S/C40H63N3O7S/c1-39(2)31-26-43-35(34(31)39)32(45)24-27(36(46)37(47)41-29-17-18-29)15-11-8-6-4-5-7-9-12-16-28(38(43)48)23-30(44)25-40(20-13-10-14-21-40)33-19-22-42(3)51(33,49)50/h27-29,31,33-35H,4-26H2,1-3H3,(H,41,47)/t27-,28-,31+,33+,34+,35-/m1/s1. The van der Waals surface area contributed by atoms with Crippen molar-refractivity contribution < 1.29 is 32.4 Å². The van der Waals surface area contributed by atoms with E-state index in [4.69, 9.17) is 0 Å². The number of amides is 2. The lowest BCUT2D eigenvalue weighted by Crippen LogP contribution is -2.49. The van der Waals surface area contributed by atoms with Crippen molar-refractivity contribution in [2.45, 2.75) is 166 Å². The first-order chi connectivity index (χ1) is 24.3. The van der Waals surface area contributed by atoms with Crippen LogP contribution >= 0.6 is 0 Å². The first-order valence-electron chi connectivity index (χ1n) is 20.4. The predicted octanol–water partition coefficient (Wildman–Crippen LogP) is 5.76. The van der Waals surface area contributed by atoms with Gasteiger partial charge in [-0.25, -0.2) is 12.7 Å². The Hall–Kier alpha value is -2.14. The third-order valence-corrected chi connectivity index (χ3v) is 16.5. The second-order valence-electron chi connectivity index (χ2n) is 18.0. The van der Waals surface area contributed by atoms with Gasteiger partial charge in [-0.2, -0.15) is 0 Å². The summed E-state index contributed by atoms with van der Waals surface area (Å²) in [5.41, 5.74) is -0.693. The molecule has 286 valence electrons. The van der Waals surface area contributed by atoms with Crippen LogP contribution in [0, 0.1) is 34.5 Å². The number of ketones is 3. The average Bonchev–Trinajstić information content (AvgIpc) is 3.89. The van der Waals surface area contributed by atoms with Gasteiger partial charge in [-0.1, -0.05) is 84.5 Å². The smallest absolute Gasteiger partial charge is 0.287 e. The molecule has 3 aliphatic carbocycles. The molecular weight excluding hydrogens is 667 g/mol. The minimum absolute atomic E-state index is 0.00139. The van der Waals surface area contributed by atoms with Crippen molar-refractivity contribution in [2.75, 3.05) is 20.1 Å². The number of hydrogen-bond acceptors (Lipinski definition) is 7. The Kier molecular flexibility index (Phi) is 11.9. The van der Waals surface area contributed by atoms with E-state index in [1.165, 1.54) is 4.31 Å². The fourth-order valence-corrected chi connectivity index (χ4v) is 12.8. The summed E-state index contributed by atoms with van der Waals surface area (Å²) in [4.78, 5) is 71.3. The van der Waals surface area contributed by atoms with E-state index >= 15 is 0 Å². The summed E-state index contributed by atoms with van der Waals surface area (Å²) in [6, 6.07) is -0.601. The highest BCUT2D eigenvalue weighted by atomic mass is 32.2. The monoisotopic (exact) mass is 729 g/mol. The summed E-state index contributed by atoms with van der Waals surface area (Å²) in [5, 5.41) is 2.26. The van der Waals surface area contributed by atoms with Crippen LogP contribution in [0.15, 0.2) is 0 Å². The molecule has 3 saturated carbocycles. The Balaban J connectivity index is 1.22. The normalized spacial score (nSPS) is 34.6. The number of nitrogens with one attached hydrogen (secondary N) is 1. The number of piperidine rings is 1. The lowest BCUT2D eigenvalue weighted by molar-refractivity contribution is -0.146. The predicted molar refractivity (Wildman–Crippen MR) is 195 cm³/mol. The number of carbonyl (C=O) groups excluding carboxylic acids is 5. The lowest BCUT2D eigenvalue weighted by atomic mass is 9.67. The molecule has 0 bridgehead atoms. The molecule has 1 N–H and O–H groups in total. The van der Waals surface area contributed by atoms with E-state index in [-0.39, 0.29) is 60.0 Å². The number of fused-ring (bicyclic) bond motifs is 3. The molecule has 0 spiro atoms. The van der Waals surface area contributed by atoms with Gasteiger partial charge in [0.2, 0.25) is 21.7 Å². The summed E-state index contributed by atoms with van der Waals surface area (Å²) < 4.78 is 28.3. The summed E-state index contributed by atoms with van der Waals surface area (Å²) in [6.07, 6.45) is 15.7. The van der Waals surface area contributed by atoms with E-state index in [2.05, 4.69) is 19.2 Å². The first-order valence-corrected chi connectivity index (χ1v) is 21.9. The number of sulfonamides is 1. The van der Waals surface area contributed by atoms with Crippen molar-refractivity contribution in [1.82, 2.24) is 14.5 Å². The van der Waals surface area contributed by atoms with Crippen LogP contribution in [0.5, 0.6) is 0 Å². The molecule has 0 radical (unpaired) electrons. The zero-order chi connectivity index (χ0) is 36.6. The van der Waals surface area contributed by atoms with Crippen LogP contribution in [0.2, 0.25) is 0 Å². The van der Waals surface area contributed by atoms with Crippen LogP contribution < -0.4 is 5.32 Å². The minimum atomic E-state index is -3.48. The Morgan fingerprint density at radius 1 is 0.824 bits per heavy atom. The molecule has 11 heteroatoms. The van der Waals surface area contributed by atoms with Crippen molar-refractivity contribution in [2.24, 2.45) is 34.5 Å². The summed E-state index contributed by atoms with van der Waals surface area (Å²) in [6.45, 7) is 5.23. The molecule has 3 aliphatic heterocycles. The largest absolute Gasteiger partial charge is 0.347 e. The van der Waals surface area contributed by atoms with Gasteiger partial charge in [0.15, 0.2) is 5.78 Å². The molecule has 2 amide bonds. The fourth-order valence-electron chi connectivity index (χ4n) is 10.7. The van der Waals surface area contributed by atoms with Gasteiger partial charge in [0.25, 0.3) is 5.91 Å². The second-order valence-corrected chi connectivity index (χ2v) is 20.2. The highest BCUT2D eigenvalue weighted by Gasteiger charge is 2.69. The Bertz CT molecular complexity index is 1450. The lowest BCUT2D eigenvalue weighted by Gasteiger charge is -2.41. The van der Waals surface area contributed by atoms with Crippen LogP contribution in [0.4, 0.5) is 0 Å². The Morgan fingerprint density at radius 2 is 1.43 bits per heavy atom. The quantitative estimate of drug-likeness (QED) is 0.314. The number of carbonyl (C=O) groups is 5. The molecule has 6 fully saturated rings. The molecule has 0 aromatic rings. The van der Waals surface area contributed by atoms with Gasteiger partial charge in [0.1, 0.15) is 5.78 Å². The number of rotatable bonds is 8. The van der Waals surface area contributed by atoms with Crippen LogP contribution in [0.25, 0.3) is 0 Å². The molecular formula is C40H63N3O7S. The summed E-state index contributed by atoms with van der Waals surface area (Å²) in [5.74, 6) is -2.49. The van der Waals surface area contributed by atoms with Crippen molar-refractivity contribution in [3.63, 3.8) is 0 Å². The van der Waals surface area contributed by atoms with Crippen molar-refractivity contribution in [1.29, 1.82) is 0 Å². The van der Waals surface area contributed by atoms with Gasteiger partial charge in [0.05, 0.1) is 11.3 Å². The highest BCUT2D eigenvalue weighted by Crippen LogP contribution is 2.65. The van der Waals surface area contributed by atoms with E-state index in [1.807, 2.05) is 0 Å². The van der Waals surface area contributed by atoms with E-state index < -0.39 is 50.3 Å². The van der Waals surface area contributed by atoms with Gasteiger partial charge in [0, 0.05) is 57.3 Å². The highest BCUT2D eigenvalue weighted by molar-refractivity contribution is 7.90. The molecule has 3 heterocycles. The maximum atomic E-state index is 14.6. The molecule has 6 atom stereocenters.